The summed E-state index contributed by atoms with van der Waals surface area (Å²) in [7, 11) is 0. The molecule has 0 fully saturated rings. The molecule has 0 atom stereocenters. The van der Waals surface area contributed by atoms with Gasteiger partial charge >= 0.3 is 5.76 Å². The maximum atomic E-state index is 11.8. The van der Waals surface area contributed by atoms with E-state index in [2.05, 4.69) is 10.1 Å². The highest BCUT2D eigenvalue weighted by molar-refractivity contribution is 6.32. The lowest BCUT2D eigenvalue weighted by Gasteiger charge is -2.05. The molecule has 2 aromatic heterocycles. The van der Waals surface area contributed by atoms with E-state index in [0.717, 1.165) is 0 Å². The van der Waals surface area contributed by atoms with Crippen LogP contribution in [0.4, 0.5) is 0 Å². The molecule has 0 unspecified atom stereocenters. The monoisotopic (exact) mass is 273 g/mol. The molecule has 94 valence electrons. The molecule has 3 aromatic rings. The van der Waals surface area contributed by atoms with Crippen LogP contribution in [0.5, 0.6) is 0 Å². The molecule has 0 aliphatic rings. The van der Waals surface area contributed by atoms with E-state index in [1.165, 1.54) is 4.57 Å². The van der Waals surface area contributed by atoms with E-state index in [-0.39, 0.29) is 0 Å². The lowest BCUT2D eigenvalue weighted by molar-refractivity contribution is 0.383. The third kappa shape index (κ3) is 2.04. The van der Waals surface area contributed by atoms with Crippen molar-refractivity contribution in [2.45, 2.75) is 0 Å². The topological polar surface area (TPSA) is 60.9 Å². The fourth-order valence-corrected chi connectivity index (χ4v) is 1.99. The SMILES string of the molecule is O=c1onc(-c2cccnc2)n1-c1ccccc1Cl. The molecule has 0 saturated carbocycles. The Morgan fingerprint density at radius 1 is 1.16 bits per heavy atom. The van der Waals surface area contributed by atoms with Crippen LogP contribution in [0, 0.1) is 0 Å². The number of rotatable bonds is 2. The maximum Gasteiger partial charge on any atom is 0.446 e. The lowest BCUT2D eigenvalue weighted by atomic mass is 10.2. The smallest absolute Gasteiger partial charge is 0.295 e. The molecule has 0 aliphatic carbocycles. The van der Waals surface area contributed by atoms with Gasteiger partial charge in [0.1, 0.15) is 0 Å². The van der Waals surface area contributed by atoms with E-state index in [1.54, 1.807) is 48.8 Å². The van der Waals surface area contributed by atoms with Gasteiger partial charge < -0.3 is 0 Å². The molecule has 0 bridgehead atoms. The zero-order chi connectivity index (χ0) is 13.2. The molecule has 0 N–H and O–H groups in total. The van der Waals surface area contributed by atoms with Crippen LogP contribution < -0.4 is 5.76 Å². The predicted octanol–water partition coefficient (Wildman–Crippen LogP) is 2.54. The maximum absolute atomic E-state index is 11.8. The van der Waals surface area contributed by atoms with Crippen molar-refractivity contribution >= 4 is 11.6 Å². The third-order valence-corrected chi connectivity index (χ3v) is 2.94. The number of nitrogens with zero attached hydrogens (tertiary/aromatic N) is 3. The van der Waals surface area contributed by atoms with Gasteiger partial charge in [0, 0.05) is 18.0 Å². The van der Waals surface area contributed by atoms with Gasteiger partial charge in [0.25, 0.3) is 0 Å². The zero-order valence-electron chi connectivity index (χ0n) is 9.65. The second-order valence-corrected chi connectivity index (χ2v) is 4.21. The summed E-state index contributed by atoms with van der Waals surface area (Å²) in [4.78, 5) is 15.8. The summed E-state index contributed by atoms with van der Waals surface area (Å²) >= 11 is 6.10. The minimum Gasteiger partial charge on any atom is -0.295 e. The van der Waals surface area contributed by atoms with Gasteiger partial charge in [-0.25, -0.2) is 9.36 Å². The molecule has 0 aliphatic heterocycles. The lowest BCUT2D eigenvalue weighted by Crippen LogP contribution is -2.13. The van der Waals surface area contributed by atoms with Crippen molar-refractivity contribution in [2.24, 2.45) is 0 Å². The summed E-state index contributed by atoms with van der Waals surface area (Å²) in [5.74, 6) is -0.224. The fourth-order valence-electron chi connectivity index (χ4n) is 1.77. The molecule has 5 nitrogen and oxygen atoms in total. The second-order valence-electron chi connectivity index (χ2n) is 3.80. The van der Waals surface area contributed by atoms with Crippen molar-refractivity contribution in [1.82, 2.24) is 14.7 Å². The first-order valence-corrected chi connectivity index (χ1v) is 5.89. The molecule has 0 amide bonds. The van der Waals surface area contributed by atoms with Crippen LogP contribution in [0.25, 0.3) is 17.1 Å². The summed E-state index contributed by atoms with van der Waals surface area (Å²) < 4.78 is 6.05. The number of benzene rings is 1. The molecule has 0 radical (unpaired) electrons. The molecule has 6 heteroatoms. The van der Waals surface area contributed by atoms with Gasteiger partial charge in [0.05, 0.1) is 10.7 Å². The molecular weight excluding hydrogens is 266 g/mol. The average Bonchev–Trinajstić information content (AvgIpc) is 2.82. The largest absolute Gasteiger partial charge is 0.446 e. The van der Waals surface area contributed by atoms with Gasteiger partial charge in [-0.15, -0.1) is 0 Å². The van der Waals surface area contributed by atoms with Crippen molar-refractivity contribution in [3.8, 4) is 17.1 Å². The van der Waals surface area contributed by atoms with E-state index >= 15 is 0 Å². The first-order chi connectivity index (χ1) is 9.27. The van der Waals surface area contributed by atoms with Crippen molar-refractivity contribution in [3.63, 3.8) is 0 Å². The summed E-state index contributed by atoms with van der Waals surface area (Å²) in [5.41, 5.74) is 1.20. The minimum absolute atomic E-state index is 0.367. The first kappa shape index (κ1) is 11.7. The summed E-state index contributed by atoms with van der Waals surface area (Å²) in [6.07, 6.45) is 3.24. The number of pyridine rings is 1. The van der Waals surface area contributed by atoms with Gasteiger partial charge in [0.2, 0.25) is 0 Å². The Kier molecular flexibility index (Phi) is 2.89. The number of hydrogen-bond donors (Lipinski definition) is 0. The molecule has 3 rings (SSSR count). The highest BCUT2D eigenvalue weighted by Crippen LogP contribution is 2.23. The van der Waals surface area contributed by atoms with Gasteiger partial charge in [-0.05, 0) is 24.3 Å². The Hall–Kier alpha value is -2.40. The van der Waals surface area contributed by atoms with Crippen molar-refractivity contribution in [1.29, 1.82) is 0 Å². The third-order valence-electron chi connectivity index (χ3n) is 2.62. The minimum atomic E-state index is -0.591. The number of halogens is 1. The highest BCUT2D eigenvalue weighted by atomic mass is 35.5. The highest BCUT2D eigenvalue weighted by Gasteiger charge is 2.16. The van der Waals surface area contributed by atoms with Gasteiger partial charge in [-0.2, -0.15) is 0 Å². The Balaban J connectivity index is 2.26. The van der Waals surface area contributed by atoms with Gasteiger partial charge in [-0.3, -0.25) is 9.51 Å². The van der Waals surface area contributed by atoms with Crippen molar-refractivity contribution in [2.75, 3.05) is 0 Å². The van der Waals surface area contributed by atoms with Crippen LogP contribution >= 0.6 is 11.6 Å². The Morgan fingerprint density at radius 2 is 2.00 bits per heavy atom. The van der Waals surface area contributed by atoms with Gasteiger partial charge in [0.15, 0.2) is 5.82 Å². The quantitative estimate of drug-likeness (QED) is 0.720. The fraction of sp³-hybridized carbons (Fsp3) is 0. The summed E-state index contributed by atoms with van der Waals surface area (Å²) in [6, 6.07) is 10.5. The van der Waals surface area contributed by atoms with E-state index in [1.807, 2.05) is 0 Å². The standard InChI is InChI=1S/C13H8ClN3O2/c14-10-5-1-2-6-11(10)17-12(16-19-13(17)18)9-4-3-7-15-8-9/h1-8H. The second kappa shape index (κ2) is 4.70. The Labute approximate surface area is 113 Å². The van der Waals surface area contributed by atoms with E-state index in [0.29, 0.717) is 22.1 Å². The number of hydrogen-bond acceptors (Lipinski definition) is 4. The molecule has 2 heterocycles. The number of aromatic nitrogens is 3. The van der Waals surface area contributed by atoms with Crippen LogP contribution in [-0.2, 0) is 0 Å². The first-order valence-electron chi connectivity index (χ1n) is 5.51. The molecule has 0 saturated heterocycles. The van der Waals surface area contributed by atoms with E-state index in [9.17, 15) is 4.79 Å². The van der Waals surface area contributed by atoms with Crippen LogP contribution in [0.15, 0.2) is 58.1 Å². The van der Waals surface area contributed by atoms with E-state index in [4.69, 9.17) is 16.1 Å². The summed E-state index contributed by atoms with van der Waals surface area (Å²) in [6.45, 7) is 0. The van der Waals surface area contributed by atoms with E-state index < -0.39 is 5.76 Å². The number of para-hydroxylation sites is 1. The summed E-state index contributed by atoms with van der Waals surface area (Å²) in [5, 5.41) is 4.22. The van der Waals surface area contributed by atoms with Crippen molar-refractivity contribution in [3.05, 3.63) is 64.4 Å². The predicted molar refractivity (Wildman–Crippen MR) is 70.3 cm³/mol. The zero-order valence-corrected chi connectivity index (χ0v) is 10.4. The molecule has 19 heavy (non-hydrogen) atoms. The van der Waals surface area contributed by atoms with Crippen LogP contribution in [0.3, 0.4) is 0 Å². The van der Waals surface area contributed by atoms with Gasteiger partial charge in [-0.1, -0.05) is 28.9 Å². The van der Waals surface area contributed by atoms with Crippen molar-refractivity contribution < 1.29 is 4.52 Å². The normalized spacial score (nSPS) is 10.6. The Morgan fingerprint density at radius 3 is 2.74 bits per heavy atom. The Bertz CT molecular complexity index is 765. The molecular formula is C13H8ClN3O2. The van der Waals surface area contributed by atoms with Crippen LogP contribution in [-0.4, -0.2) is 14.7 Å². The average molecular weight is 274 g/mol. The molecule has 1 aromatic carbocycles. The molecule has 0 spiro atoms. The van der Waals surface area contributed by atoms with Crippen LogP contribution in [0.2, 0.25) is 5.02 Å². The van der Waals surface area contributed by atoms with Crippen LogP contribution in [0.1, 0.15) is 0 Å².